The van der Waals surface area contributed by atoms with Crippen LogP contribution in [0.5, 0.6) is 0 Å². The van der Waals surface area contributed by atoms with E-state index in [0.717, 1.165) is 138 Å². The van der Waals surface area contributed by atoms with Crippen LogP contribution in [0.3, 0.4) is 0 Å². The maximum Gasteiger partial charge on any atom is 0.164 e. The number of fused-ring (bicyclic) bond motifs is 18. The monoisotopic (exact) mass is 1900 g/mol. The van der Waals surface area contributed by atoms with E-state index in [0.29, 0.717) is 52.4 Å². The summed E-state index contributed by atoms with van der Waals surface area (Å²) < 4.78 is 19.3. The summed E-state index contributed by atoms with van der Waals surface area (Å²) in [6.45, 7) is 0. The van der Waals surface area contributed by atoms with Gasteiger partial charge in [0.05, 0.1) is 0 Å². The van der Waals surface area contributed by atoms with Gasteiger partial charge in [-0.3, -0.25) is 0 Å². The first-order chi connectivity index (χ1) is 73.8. The summed E-state index contributed by atoms with van der Waals surface area (Å²) in [6, 6.07) is 171. The average molecular weight is 1900 g/mol. The summed E-state index contributed by atoms with van der Waals surface area (Å²) in [5, 5.41) is 24.0. The molecule has 12 heteroatoms. The fourth-order valence-corrected chi connectivity index (χ4v) is 22.3. The van der Waals surface area contributed by atoms with Crippen molar-refractivity contribution in [2.45, 2.75) is 0 Å². The van der Waals surface area contributed by atoms with Gasteiger partial charge in [-0.2, -0.15) is 0 Å². The molecule has 692 valence electrons. The van der Waals surface area contributed by atoms with Gasteiger partial charge in [-0.15, -0.1) is 0 Å². The molecular weight excluding hydrogens is 1820 g/mol. The number of hydrogen-bond donors (Lipinski definition) is 0. The second-order valence-corrected chi connectivity index (χ2v) is 38.0. The van der Waals surface area contributed by atoms with E-state index in [2.05, 4.69) is 273 Å². The molecule has 1 aliphatic carbocycles. The minimum absolute atomic E-state index is 0.604. The molecule has 6 aromatic heterocycles. The van der Waals surface area contributed by atoms with E-state index < -0.39 is 0 Å². The predicted molar refractivity (Wildman–Crippen MR) is 610 cm³/mol. The topological polar surface area (TPSA) is 155 Å². The van der Waals surface area contributed by atoms with Gasteiger partial charge in [-0.1, -0.05) is 419 Å². The fourth-order valence-electron chi connectivity index (χ4n) is 22.3. The standard InChI is InChI=1S/C51H31N3O.2C43H25N3O/c1-3-12-34(13-4-1)49-52-50(35-14-5-2-6-15-35)54-51(53-49)43-20-11-21-47-48(43)45-31-37(27-29-46(45)55-47)33-24-22-32(23-25-33)36-26-28-42-40-18-8-7-16-38(40)39-17-9-10-19-41(39)44(42)30-36;1-3-9-28(10-4-1)41-44-42(29-11-5-2-6-12-29)46-43(45-41)34-15-8-16-37-40(34)35-25-30(21-22-36(35)47-37)33-23-31-19-17-26-13-7-14-27-18-20-32(24-33)39(31)38(26)27;1-3-11-26(12-4-1)41-44-42(27-13-5-2-6-14-27)46-43(45-41)35-19-10-20-38-40(35)36-25-28(21-24-37(36)47-38)29-22-23-34-31-16-8-7-15-30(31)33-18-9-17-32(29)39(33)34/h1-31H;2*1-25H. The van der Waals surface area contributed by atoms with Crippen LogP contribution in [0, 0.1) is 0 Å². The van der Waals surface area contributed by atoms with Crippen LogP contribution in [-0.4, -0.2) is 44.9 Å². The van der Waals surface area contributed by atoms with Crippen molar-refractivity contribution < 1.29 is 13.3 Å². The fraction of sp³-hybridized carbons (Fsp3) is 0. The highest BCUT2D eigenvalue weighted by Crippen LogP contribution is 2.52. The van der Waals surface area contributed by atoms with Gasteiger partial charge < -0.3 is 13.3 Å². The van der Waals surface area contributed by atoms with Crippen LogP contribution < -0.4 is 0 Å². The van der Waals surface area contributed by atoms with Gasteiger partial charge in [-0.25, -0.2) is 44.9 Å². The first kappa shape index (κ1) is 85.6. The zero-order valence-corrected chi connectivity index (χ0v) is 80.0. The number of furan rings is 3. The number of nitrogens with zero attached hydrogens (tertiary/aromatic N) is 9. The molecule has 31 rings (SSSR count). The Morgan fingerprint density at radius 2 is 0.369 bits per heavy atom. The van der Waals surface area contributed by atoms with E-state index in [1.165, 1.54) is 120 Å². The molecule has 0 radical (unpaired) electrons. The van der Waals surface area contributed by atoms with Crippen molar-refractivity contribution in [1.29, 1.82) is 0 Å². The third-order valence-electron chi connectivity index (χ3n) is 29.3. The molecule has 0 aliphatic heterocycles. The molecule has 0 atom stereocenters. The highest BCUT2D eigenvalue weighted by molar-refractivity contribution is 6.28. The molecule has 0 saturated carbocycles. The van der Waals surface area contributed by atoms with Crippen molar-refractivity contribution in [2.75, 3.05) is 0 Å². The van der Waals surface area contributed by atoms with Gasteiger partial charge >= 0.3 is 0 Å². The molecule has 149 heavy (non-hydrogen) atoms. The lowest BCUT2D eigenvalue weighted by Crippen LogP contribution is -2.00. The summed E-state index contributed by atoms with van der Waals surface area (Å²) in [5.41, 5.74) is 27.7. The van der Waals surface area contributed by atoms with E-state index in [-0.39, 0.29) is 0 Å². The lowest BCUT2D eigenvalue weighted by Gasteiger charge is -2.13. The van der Waals surface area contributed by atoms with E-state index in [1.54, 1.807) is 0 Å². The lowest BCUT2D eigenvalue weighted by atomic mass is 9.91. The summed E-state index contributed by atoms with van der Waals surface area (Å²) >= 11 is 0. The Hall–Kier alpha value is -20.2. The molecule has 1 aliphatic rings. The van der Waals surface area contributed by atoms with Crippen LogP contribution in [0.4, 0.5) is 0 Å². The van der Waals surface area contributed by atoms with Crippen LogP contribution in [0.2, 0.25) is 0 Å². The third kappa shape index (κ3) is 14.9. The predicted octanol–water partition coefficient (Wildman–Crippen LogP) is 36.1. The first-order valence-corrected chi connectivity index (χ1v) is 50.1. The minimum Gasteiger partial charge on any atom is -0.456 e. The molecule has 30 aromatic rings. The Balaban J connectivity index is 0.000000106. The van der Waals surface area contributed by atoms with Gasteiger partial charge in [-0.05, 0) is 215 Å². The van der Waals surface area contributed by atoms with Crippen molar-refractivity contribution >= 4 is 141 Å². The molecule has 12 nitrogen and oxygen atoms in total. The molecule has 0 unspecified atom stereocenters. The Morgan fingerprint density at radius 3 is 0.765 bits per heavy atom. The van der Waals surface area contributed by atoms with E-state index >= 15 is 0 Å². The number of aromatic nitrogens is 9. The maximum absolute atomic E-state index is 6.44. The normalized spacial score (nSPS) is 11.8. The van der Waals surface area contributed by atoms with Crippen LogP contribution in [0.25, 0.3) is 310 Å². The number of hydrogen-bond acceptors (Lipinski definition) is 12. The average Bonchev–Trinajstić information content (AvgIpc) is 1.28. The van der Waals surface area contributed by atoms with Crippen LogP contribution >= 0.6 is 0 Å². The second kappa shape index (κ2) is 35.4. The van der Waals surface area contributed by atoms with Crippen molar-refractivity contribution in [3.05, 3.63) is 491 Å². The largest absolute Gasteiger partial charge is 0.456 e. The first-order valence-electron chi connectivity index (χ1n) is 50.1. The molecule has 0 N–H and O–H groups in total. The summed E-state index contributed by atoms with van der Waals surface area (Å²) in [5.74, 6) is 5.61. The van der Waals surface area contributed by atoms with Crippen molar-refractivity contribution in [3.63, 3.8) is 0 Å². The second-order valence-electron chi connectivity index (χ2n) is 38.0. The molecule has 0 amide bonds. The Bertz CT molecular complexity index is 10300. The molecule has 0 saturated heterocycles. The van der Waals surface area contributed by atoms with Crippen molar-refractivity contribution in [2.24, 2.45) is 0 Å². The molecular formula is C137H81N9O3. The van der Waals surface area contributed by atoms with Gasteiger partial charge in [0.15, 0.2) is 52.4 Å². The lowest BCUT2D eigenvalue weighted by molar-refractivity contribution is 0.668. The van der Waals surface area contributed by atoms with Crippen LogP contribution in [-0.2, 0) is 0 Å². The van der Waals surface area contributed by atoms with Gasteiger partial charge in [0.2, 0.25) is 0 Å². The van der Waals surface area contributed by atoms with Gasteiger partial charge in [0.25, 0.3) is 0 Å². The van der Waals surface area contributed by atoms with Crippen LogP contribution in [0.15, 0.2) is 505 Å². The molecule has 24 aromatic carbocycles. The summed E-state index contributed by atoms with van der Waals surface area (Å²) in [7, 11) is 0. The van der Waals surface area contributed by atoms with Gasteiger partial charge in [0, 0.05) is 82.4 Å². The smallest absolute Gasteiger partial charge is 0.164 e. The Labute approximate surface area is 854 Å². The molecule has 0 fully saturated rings. The quantitative estimate of drug-likeness (QED) is 0.101. The highest BCUT2D eigenvalue weighted by Gasteiger charge is 2.28. The SMILES string of the molecule is c1ccc(-c2nc(-c3ccccc3)nc(-c3cccc4oc5ccc(-c6cc7ccc8cccc9ccc(c6)c7c89)cc5c34)n2)cc1.c1ccc(-c2nc(-c3ccccc3)nc(-c3cccc4oc5ccc(-c6ccc(-c7ccc8c9ccccc9c9ccccc9c8c7)cc6)cc5c34)n2)cc1.c1ccc(-c2nc(-c3ccccc3)nc(-c3cccc4oc5ccc(-c6ccc7c8c(cccc68)-c6ccccc6-7)cc5c34)n2)cc1. The van der Waals surface area contributed by atoms with E-state index in [9.17, 15) is 0 Å². The number of rotatable bonds is 13. The zero-order chi connectivity index (χ0) is 98.1. The van der Waals surface area contributed by atoms with E-state index in [4.69, 9.17) is 58.1 Å². The number of benzene rings is 24. The maximum atomic E-state index is 6.44. The Kier molecular flexibility index (Phi) is 20.3. The molecule has 6 heterocycles. The summed E-state index contributed by atoms with van der Waals surface area (Å²) in [6.07, 6.45) is 0. The van der Waals surface area contributed by atoms with Crippen LogP contribution in [0.1, 0.15) is 0 Å². The minimum atomic E-state index is 0.604. The summed E-state index contributed by atoms with van der Waals surface area (Å²) in [4.78, 5) is 44.9. The van der Waals surface area contributed by atoms with Crippen molar-refractivity contribution in [1.82, 2.24) is 44.9 Å². The molecule has 0 spiro atoms. The Morgan fingerprint density at radius 1 is 0.107 bits per heavy atom. The van der Waals surface area contributed by atoms with E-state index in [1.807, 2.05) is 218 Å². The highest BCUT2D eigenvalue weighted by atomic mass is 16.3. The molecule has 0 bridgehead atoms. The van der Waals surface area contributed by atoms with Crippen molar-refractivity contribution in [3.8, 4) is 169 Å². The zero-order valence-electron chi connectivity index (χ0n) is 80.0. The third-order valence-corrected chi connectivity index (χ3v) is 29.3. The van der Waals surface area contributed by atoms with Gasteiger partial charge in [0.1, 0.15) is 33.5 Å².